The van der Waals surface area contributed by atoms with E-state index in [1.165, 1.54) is 18.2 Å². The molecule has 0 bridgehead atoms. The predicted octanol–water partition coefficient (Wildman–Crippen LogP) is 4.87. The van der Waals surface area contributed by atoms with Gasteiger partial charge in [0, 0.05) is 0 Å². The number of pyridine rings is 1. The molecule has 0 aliphatic carbocycles. The predicted molar refractivity (Wildman–Crippen MR) is 72.7 cm³/mol. The summed E-state index contributed by atoms with van der Waals surface area (Å²) in [5, 5.41) is 0.814. The summed E-state index contributed by atoms with van der Waals surface area (Å²) in [6, 6.07) is 7.41. The number of ether oxygens (including phenoxy) is 1. The van der Waals surface area contributed by atoms with Gasteiger partial charge in [0.05, 0.1) is 15.2 Å². The summed E-state index contributed by atoms with van der Waals surface area (Å²) in [7, 11) is 0. The van der Waals surface area contributed by atoms with Gasteiger partial charge in [-0.1, -0.05) is 23.2 Å². The maximum Gasteiger partial charge on any atom is 0.134 e. The minimum Gasteiger partial charge on any atom is -0.486 e. The van der Waals surface area contributed by atoms with E-state index in [-0.39, 0.29) is 12.4 Å². The fourth-order valence-electron chi connectivity index (χ4n) is 1.30. The second kappa shape index (κ2) is 5.87. The van der Waals surface area contributed by atoms with Gasteiger partial charge >= 0.3 is 0 Å². The van der Waals surface area contributed by atoms with Crippen LogP contribution in [0.3, 0.4) is 0 Å². The van der Waals surface area contributed by atoms with Crippen molar-refractivity contribution in [3.63, 3.8) is 0 Å². The second-order valence-electron chi connectivity index (χ2n) is 3.43. The molecule has 0 unspecified atom stereocenters. The molecule has 0 aliphatic rings. The van der Waals surface area contributed by atoms with Crippen LogP contribution < -0.4 is 4.74 Å². The first kappa shape index (κ1) is 13.6. The van der Waals surface area contributed by atoms with Crippen molar-refractivity contribution in [2.75, 3.05) is 0 Å². The topological polar surface area (TPSA) is 22.1 Å². The van der Waals surface area contributed by atoms with Gasteiger partial charge in [-0.25, -0.2) is 9.37 Å². The minimum atomic E-state index is -0.340. The highest BCUT2D eigenvalue weighted by Crippen LogP contribution is 2.27. The van der Waals surface area contributed by atoms with Crippen LogP contribution in [0, 0.1) is 5.82 Å². The molecule has 6 heteroatoms. The van der Waals surface area contributed by atoms with E-state index in [9.17, 15) is 4.39 Å². The van der Waals surface area contributed by atoms with Crippen LogP contribution in [0.25, 0.3) is 0 Å². The SMILES string of the molecule is Fc1ccc(OCc2nc(Cl)ccc2Cl)c(Br)c1. The molecule has 0 amide bonds. The normalized spacial score (nSPS) is 10.4. The van der Waals surface area contributed by atoms with Gasteiger partial charge in [-0.2, -0.15) is 0 Å². The molecule has 2 rings (SSSR count). The van der Waals surface area contributed by atoms with Gasteiger partial charge in [0.1, 0.15) is 23.3 Å². The van der Waals surface area contributed by atoms with E-state index in [1.54, 1.807) is 12.1 Å². The Morgan fingerprint density at radius 1 is 1.22 bits per heavy atom. The average molecular weight is 351 g/mol. The van der Waals surface area contributed by atoms with E-state index >= 15 is 0 Å². The first-order valence-electron chi connectivity index (χ1n) is 4.95. The molecule has 0 radical (unpaired) electrons. The zero-order valence-electron chi connectivity index (χ0n) is 8.96. The summed E-state index contributed by atoms with van der Waals surface area (Å²) < 4.78 is 18.9. The van der Waals surface area contributed by atoms with Crippen LogP contribution in [-0.2, 0) is 6.61 Å². The monoisotopic (exact) mass is 349 g/mol. The van der Waals surface area contributed by atoms with Gasteiger partial charge in [-0.05, 0) is 46.3 Å². The number of aromatic nitrogens is 1. The molecule has 18 heavy (non-hydrogen) atoms. The van der Waals surface area contributed by atoms with Crippen molar-refractivity contribution in [3.05, 3.63) is 56.5 Å². The Morgan fingerprint density at radius 3 is 2.72 bits per heavy atom. The molecule has 0 saturated heterocycles. The third kappa shape index (κ3) is 3.34. The van der Waals surface area contributed by atoms with Crippen molar-refractivity contribution >= 4 is 39.1 Å². The fourth-order valence-corrected chi connectivity index (χ4v) is 2.09. The Kier molecular flexibility index (Phi) is 4.43. The number of benzene rings is 1. The van der Waals surface area contributed by atoms with Gasteiger partial charge < -0.3 is 4.74 Å². The van der Waals surface area contributed by atoms with E-state index in [2.05, 4.69) is 20.9 Å². The number of halogens is 4. The van der Waals surface area contributed by atoms with E-state index in [4.69, 9.17) is 27.9 Å². The van der Waals surface area contributed by atoms with E-state index in [0.29, 0.717) is 26.1 Å². The number of rotatable bonds is 3. The summed E-state index contributed by atoms with van der Waals surface area (Å²) in [5.41, 5.74) is 0.528. The Balaban J connectivity index is 2.13. The summed E-state index contributed by atoms with van der Waals surface area (Å²) in [6.07, 6.45) is 0. The van der Waals surface area contributed by atoms with Crippen LogP contribution in [-0.4, -0.2) is 4.98 Å². The lowest BCUT2D eigenvalue weighted by atomic mass is 10.3. The van der Waals surface area contributed by atoms with Crippen molar-refractivity contribution in [1.82, 2.24) is 4.98 Å². The first-order chi connectivity index (χ1) is 8.56. The van der Waals surface area contributed by atoms with Crippen LogP contribution in [0.1, 0.15) is 5.69 Å². The number of hydrogen-bond donors (Lipinski definition) is 0. The zero-order chi connectivity index (χ0) is 13.1. The molecular weight excluding hydrogens is 344 g/mol. The Morgan fingerprint density at radius 2 is 2.00 bits per heavy atom. The molecule has 0 N–H and O–H groups in total. The molecule has 0 saturated carbocycles. The standard InChI is InChI=1S/C12H7BrCl2FNO/c13-8-5-7(16)1-3-11(8)18-6-10-9(14)2-4-12(15)17-10/h1-5H,6H2. The number of nitrogens with zero attached hydrogens (tertiary/aromatic N) is 1. The second-order valence-corrected chi connectivity index (χ2v) is 5.07. The highest BCUT2D eigenvalue weighted by Gasteiger charge is 2.07. The zero-order valence-corrected chi connectivity index (χ0v) is 12.1. The molecular formula is C12H7BrCl2FNO. The van der Waals surface area contributed by atoms with Crippen molar-refractivity contribution in [3.8, 4) is 5.75 Å². The number of hydrogen-bond acceptors (Lipinski definition) is 2. The van der Waals surface area contributed by atoms with E-state index in [1.807, 2.05) is 0 Å². The first-order valence-corrected chi connectivity index (χ1v) is 6.50. The highest BCUT2D eigenvalue weighted by molar-refractivity contribution is 9.10. The third-order valence-electron chi connectivity index (χ3n) is 2.14. The van der Waals surface area contributed by atoms with E-state index in [0.717, 1.165) is 0 Å². The summed E-state index contributed by atoms with van der Waals surface area (Å²) in [6.45, 7) is 0.156. The molecule has 0 spiro atoms. The Hall–Kier alpha value is -0.840. The van der Waals surface area contributed by atoms with Gasteiger partial charge in [0.2, 0.25) is 0 Å². The quantitative estimate of drug-likeness (QED) is 0.737. The van der Waals surface area contributed by atoms with Crippen LogP contribution in [0.15, 0.2) is 34.8 Å². The lowest BCUT2D eigenvalue weighted by molar-refractivity contribution is 0.299. The van der Waals surface area contributed by atoms with Gasteiger partial charge in [-0.3, -0.25) is 0 Å². The van der Waals surface area contributed by atoms with Crippen molar-refractivity contribution < 1.29 is 9.13 Å². The Labute approximate surface area is 122 Å². The maximum absolute atomic E-state index is 12.9. The highest BCUT2D eigenvalue weighted by atomic mass is 79.9. The smallest absolute Gasteiger partial charge is 0.134 e. The lowest BCUT2D eigenvalue weighted by Gasteiger charge is -2.09. The molecule has 0 aliphatic heterocycles. The summed E-state index contributed by atoms with van der Waals surface area (Å²) in [5.74, 6) is 0.169. The van der Waals surface area contributed by atoms with Crippen molar-refractivity contribution in [2.24, 2.45) is 0 Å². The molecule has 2 nitrogen and oxygen atoms in total. The average Bonchev–Trinajstić information content (AvgIpc) is 2.32. The van der Waals surface area contributed by atoms with Gasteiger partial charge in [-0.15, -0.1) is 0 Å². The van der Waals surface area contributed by atoms with Crippen LogP contribution in [0.2, 0.25) is 10.2 Å². The molecule has 1 heterocycles. The summed E-state index contributed by atoms with van der Waals surface area (Å²) >= 11 is 14.9. The molecule has 2 aromatic rings. The molecule has 0 fully saturated rings. The molecule has 1 aromatic heterocycles. The third-order valence-corrected chi connectivity index (χ3v) is 3.32. The van der Waals surface area contributed by atoms with Crippen molar-refractivity contribution in [1.29, 1.82) is 0 Å². The fraction of sp³-hybridized carbons (Fsp3) is 0.0833. The largest absolute Gasteiger partial charge is 0.486 e. The van der Waals surface area contributed by atoms with E-state index < -0.39 is 0 Å². The summed E-state index contributed by atoms with van der Waals surface area (Å²) in [4.78, 5) is 4.05. The van der Waals surface area contributed by atoms with Crippen LogP contribution in [0.5, 0.6) is 5.75 Å². The van der Waals surface area contributed by atoms with Crippen LogP contribution in [0.4, 0.5) is 4.39 Å². The van der Waals surface area contributed by atoms with Crippen LogP contribution >= 0.6 is 39.1 Å². The maximum atomic E-state index is 12.9. The van der Waals surface area contributed by atoms with Crippen molar-refractivity contribution in [2.45, 2.75) is 6.61 Å². The lowest BCUT2D eigenvalue weighted by Crippen LogP contribution is -2.00. The molecule has 94 valence electrons. The van der Waals surface area contributed by atoms with Gasteiger partial charge in [0.25, 0.3) is 0 Å². The minimum absolute atomic E-state index is 0.156. The van der Waals surface area contributed by atoms with Gasteiger partial charge in [0.15, 0.2) is 0 Å². The Bertz CT molecular complexity index is 580. The molecule has 1 aromatic carbocycles. The molecule has 0 atom stereocenters.